The largest absolute Gasteiger partial charge is 0.381 e. The van der Waals surface area contributed by atoms with Crippen molar-refractivity contribution in [2.24, 2.45) is 0 Å². The van der Waals surface area contributed by atoms with Crippen LogP contribution in [0.2, 0.25) is 0 Å². The Labute approximate surface area is 205 Å². The molecule has 0 amide bonds. The molecule has 2 aliphatic rings. The number of benzene rings is 1. The van der Waals surface area contributed by atoms with Gasteiger partial charge in [0.15, 0.2) is 0 Å². The molecule has 4 rings (SSSR count). The molecule has 5 heteroatoms. The summed E-state index contributed by atoms with van der Waals surface area (Å²) in [6, 6.07) is 10.1. The van der Waals surface area contributed by atoms with Crippen LogP contribution in [0.25, 0.3) is 11.3 Å². The van der Waals surface area contributed by atoms with E-state index in [1.165, 1.54) is 35.2 Å². The lowest BCUT2D eigenvalue weighted by Gasteiger charge is -2.36. The first-order valence-electron chi connectivity index (χ1n) is 12.8. The van der Waals surface area contributed by atoms with Crippen molar-refractivity contribution in [3.05, 3.63) is 72.1 Å². The highest BCUT2D eigenvalue weighted by Crippen LogP contribution is 2.26. The Hall–Kier alpha value is -2.63. The Morgan fingerprint density at radius 1 is 1.06 bits per heavy atom. The molecular formula is C29H40N4O. The number of allylic oxidation sites excluding steroid dienone is 5. The van der Waals surface area contributed by atoms with Crippen molar-refractivity contribution < 1.29 is 4.74 Å². The average molecular weight is 461 g/mol. The molecule has 1 aromatic heterocycles. The van der Waals surface area contributed by atoms with Crippen molar-refractivity contribution in [2.45, 2.75) is 65.0 Å². The standard InChI is InChI=1S/C29H40N4O/c1-5-7-8-28(22(3)4)29-23(6-2)21-33(31-29)27-11-9-26(10-12-27)32-17-13-24(14-18-32)30-25-15-19-34-20-16-25/h5,7-12,21,24-25,30H,1,6,13-20H2,2-4H3/b8-7-. The van der Waals surface area contributed by atoms with Gasteiger partial charge in [0.25, 0.3) is 0 Å². The van der Waals surface area contributed by atoms with Crippen LogP contribution in [0, 0.1) is 0 Å². The summed E-state index contributed by atoms with van der Waals surface area (Å²) >= 11 is 0. The lowest BCUT2D eigenvalue weighted by molar-refractivity contribution is 0.0738. The van der Waals surface area contributed by atoms with Gasteiger partial charge in [-0.3, -0.25) is 0 Å². The van der Waals surface area contributed by atoms with Gasteiger partial charge in [0.2, 0.25) is 0 Å². The van der Waals surface area contributed by atoms with Crippen LogP contribution in [0.1, 0.15) is 57.7 Å². The van der Waals surface area contributed by atoms with Crippen molar-refractivity contribution in [1.29, 1.82) is 0 Å². The van der Waals surface area contributed by atoms with Gasteiger partial charge >= 0.3 is 0 Å². The fraction of sp³-hybridized carbons (Fsp3) is 0.483. The van der Waals surface area contributed by atoms with Crippen molar-refractivity contribution in [3.8, 4) is 5.69 Å². The Bertz CT molecular complexity index is 999. The van der Waals surface area contributed by atoms with Crippen LogP contribution in [-0.4, -0.2) is 48.2 Å². The third kappa shape index (κ3) is 5.89. The van der Waals surface area contributed by atoms with E-state index in [1.54, 1.807) is 0 Å². The van der Waals surface area contributed by atoms with Gasteiger partial charge in [-0.1, -0.05) is 37.3 Å². The zero-order chi connectivity index (χ0) is 23.9. The quantitative estimate of drug-likeness (QED) is 0.513. The van der Waals surface area contributed by atoms with Gasteiger partial charge < -0.3 is 15.0 Å². The highest BCUT2D eigenvalue weighted by Gasteiger charge is 2.23. The molecule has 3 heterocycles. The first kappa shape index (κ1) is 24.5. The summed E-state index contributed by atoms with van der Waals surface area (Å²) in [4.78, 5) is 2.51. The summed E-state index contributed by atoms with van der Waals surface area (Å²) < 4.78 is 7.51. The number of nitrogens with one attached hydrogen (secondary N) is 1. The summed E-state index contributed by atoms with van der Waals surface area (Å²) in [5.74, 6) is 0. The van der Waals surface area contributed by atoms with Gasteiger partial charge in [0.1, 0.15) is 0 Å². The minimum absolute atomic E-state index is 0.632. The summed E-state index contributed by atoms with van der Waals surface area (Å²) in [5, 5.41) is 8.85. The molecule has 2 aromatic rings. The van der Waals surface area contributed by atoms with E-state index >= 15 is 0 Å². The molecule has 0 bridgehead atoms. The normalized spacial score (nSPS) is 17.9. The van der Waals surface area contributed by atoms with Crippen molar-refractivity contribution in [2.75, 3.05) is 31.2 Å². The molecule has 34 heavy (non-hydrogen) atoms. The highest BCUT2D eigenvalue weighted by atomic mass is 16.5. The van der Waals surface area contributed by atoms with E-state index in [0.717, 1.165) is 56.9 Å². The van der Waals surface area contributed by atoms with Crippen molar-refractivity contribution in [1.82, 2.24) is 15.1 Å². The number of aromatic nitrogens is 2. The van der Waals surface area contributed by atoms with Crippen LogP contribution in [0.5, 0.6) is 0 Å². The van der Waals surface area contributed by atoms with E-state index in [4.69, 9.17) is 9.84 Å². The number of ether oxygens (including phenoxy) is 1. The fourth-order valence-corrected chi connectivity index (χ4v) is 4.99. The molecule has 0 saturated carbocycles. The zero-order valence-electron chi connectivity index (χ0n) is 21.1. The maximum atomic E-state index is 5.49. The first-order chi connectivity index (χ1) is 16.6. The second-order valence-electron chi connectivity index (χ2n) is 9.64. The smallest absolute Gasteiger partial charge is 0.0958 e. The summed E-state index contributed by atoms with van der Waals surface area (Å²) in [7, 11) is 0. The van der Waals surface area contributed by atoms with E-state index in [-0.39, 0.29) is 0 Å². The maximum Gasteiger partial charge on any atom is 0.0958 e. The van der Waals surface area contributed by atoms with E-state index in [9.17, 15) is 0 Å². The van der Waals surface area contributed by atoms with Crippen LogP contribution in [0.15, 0.2) is 60.8 Å². The fourth-order valence-electron chi connectivity index (χ4n) is 4.99. The van der Waals surface area contributed by atoms with Gasteiger partial charge in [0, 0.05) is 55.8 Å². The number of piperidine rings is 1. The molecule has 0 atom stereocenters. The number of rotatable bonds is 8. The zero-order valence-corrected chi connectivity index (χ0v) is 21.1. The Kier molecular flexibility index (Phi) is 8.41. The minimum atomic E-state index is 0.632. The van der Waals surface area contributed by atoms with Crippen LogP contribution in [0.3, 0.4) is 0 Å². The van der Waals surface area contributed by atoms with E-state index < -0.39 is 0 Å². The first-order valence-corrected chi connectivity index (χ1v) is 12.8. The number of hydrogen-bond donors (Lipinski definition) is 1. The van der Waals surface area contributed by atoms with Gasteiger partial charge in [-0.05, 0) is 75.8 Å². The molecule has 0 radical (unpaired) electrons. The number of nitrogens with zero attached hydrogens (tertiary/aromatic N) is 3. The molecule has 0 unspecified atom stereocenters. The van der Waals surface area contributed by atoms with Gasteiger partial charge in [-0.2, -0.15) is 5.10 Å². The van der Waals surface area contributed by atoms with Crippen molar-refractivity contribution in [3.63, 3.8) is 0 Å². The molecule has 0 spiro atoms. The lowest BCUT2D eigenvalue weighted by Crippen LogP contribution is -2.47. The Balaban J connectivity index is 1.42. The van der Waals surface area contributed by atoms with E-state index in [0.29, 0.717) is 12.1 Å². The van der Waals surface area contributed by atoms with Crippen molar-refractivity contribution >= 4 is 11.3 Å². The van der Waals surface area contributed by atoms with E-state index in [2.05, 4.69) is 74.1 Å². The molecule has 2 fully saturated rings. The average Bonchev–Trinajstić information content (AvgIpc) is 3.29. The number of anilines is 1. The predicted octanol–water partition coefficient (Wildman–Crippen LogP) is 5.71. The molecular weight excluding hydrogens is 420 g/mol. The molecule has 2 aliphatic heterocycles. The number of aryl methyl sites for hydroxylation is 1. The third-order valence-electron chi connectivity index (χ3n) is 7.03. The summed E-state index contributed by atoms with van der Waals surface area (Å²) in [5.41, 5.74) is 7.14. The highest BCUT2D eigenvalue weighted by molar-refractivity contribution is 5.76. The molecule has 0 aliphatic carbocycles. The maximum absolute atomic E-state index is 5.49. The topological polar surface area (TPSA) is 42.3 Å². The van der Waals surface area contributed by atoms with Crippen LogP contribution < -0.4 is 10.2 Å². The molecule has 1 N–H and O–H groups in total. The van der Waals surface area contributed by atoms with Gasteiger partial charge in [-0.25, -0.2) is 4.68 Å². The van der Waals surface area contributed by atoms with Gasteiger partial charge in [0.05, 0.1) is 11.4 Å². The predicted molar refractivity (Wildman–Crippen MR) is 143 cm³/mol. The van der Waals surface area contributed by atoms with Crippen LogP contribution in [0.4, 0.5) is 5.69 Å². The summed E-state index contributed by atoms with van der Waals surface area (Å²) in [6.45, 7) is 14.3. The van der Waals surface area contributed by atoms with Crippen LogP contribution >= 0.6 is 0 Å². The second-order valence-corrected chi connectivity index (χ2v) is 9.64. The SMILES string of the molecule is C=C/C=C\C(=C(C)C)c1nn(-c2ccc(N3CCC(NC4CCOCC4)CC3)cc2)cc1CC. The Morgan fingerprint density at radius 2 is 1.71 bits per heavy atom. The second kappa shape index (κ2) is 11.7. The van der Waals surface area contributed by atoms with E-state index in [1.807, 2.05) is 16.8 Å². The molecule has 182 valence electrons. The molecule has 1 aromatic carbocycles. The minimum Gasteiger partial charge on any atom is -0.381 e. The molecule has 5 nitrogen and oxygen atoms in total. The monoisotopic (exact) mass is 460 g/mol. The molecule has 2 saturated heterocycles. The van der Waals surface area contributed by atoms with Crippen LogP contribution in [-0.2, 0) is 11.2 Å². The summed E-state index contributed by atoms with van der Waals surface area (Å²) in [6.07, 6.45) is 13.7. The lowest BCUT2D eigenvalue weighted by atomic mass is 10.0. The van der Waals surface area contributed by atoms with Gasteiger partial charge in [-0.15, -0.1) is 0 Å². The Morgan fingerprint density at radius 3 is 2.32 bits per heavy atom. The number of hydrogen-bond acceptors (Lipinski definition) is 4. The third-order valence-corrected chi connectivity index (χ3v) is 7.03.